The van der Waals surface area contributed by atoms with Gasteiger partial charge >= 0.3 is 0 Å². The van der Waals surface area contributed by atoms with E-state index in [0.717, 1.165) is 0 Å². The minimum absolute atomic E-state index is 0.0436. The van der Waals surface area contributed by atoms with Gasteiger partial charge < -0.3 is 10.2 Å². The molecule has 0 atom stereocenters. The van der Waals surface area contributed by atoms with E-state index in [-0.39, 0.29) is 17.9 Å². The second-order valence-electron chi connectivity index (χ2n) is 5.57. The molecule has 0 unspecified atom stereocenters. The molecule has 0 aliphatic heterocycles. The van der Waals surface area contributed by atoms with Crippen molar-refractivity contribution in [2.75, 3.05) is 25.0 Å². The van der Waals surface area contributed by atoms with Gasteiger partial charge in [-0.3, -0.25) is 4.79 Å². The van der Waals surface area contributed by atoms with Crippen LogP contribution in [0, 0.1) is 0 Å². The molecule has 1 aromatic heterocycles. The molecule has 0 saturated heterocycles. The molecular weight excluding hydrogens is 276 g/mol. The van der Waals surface area contributed by atoms with Gasteiger partial charge in [-0.2, -0.15) is 0 Å². The van der Waals surface area contributed by atoms with Crippen molar-refractivity contribution in [3.05, 3.63) is 17.0 Å². The Labute approximate surface area is 125 Å². The molecule has 1 N–H and O–H groups in total. The maximum Gasteiger partial charge on any atom is 0.241 e. The summed E-state index contributed by atoms with van der Waals surface area (Å²) in [4.78, 5) is 22.3. The lowest BCUT2D eigenvalue weighted by atomic mass is 9.96. The van der Waals surface area contributed by atoms with Crippen molar-refractivity contribution in [2.45, 2.75) is 40.0 Å². The molecule has 1 amide bonds. The van der Waals surface area contributed by atoms with E-state index in [1.54, 1.807) is 11.0 Å². The Balaban J connectivity index is 2.79. The summed E-state index contributed by atoms with van der Waals surface area (Å²) in [6.07, 6.45) is 0. The highest BCUT2D eigenvalue weighted by Gasteiger charge is 2.19. The van der Waals surface area contributed by atoms with Gasteiger partial charge in [0, 0.05) is 24.6 Å². The number of carbonyl (C=O) groups is 1. The third-order valence-electron chi connectivity index (χ3n) is 2.90. The number of likely N-dealkylation sites (N-methyl/N-ethyl adjacent to an activating group) is 1. The van der Waals surface area contributed by atoms with E-state index in [9.17, 15) is 4.79 Å². The maximum absolute atomic E-state index is 11.9. The van der Waals surface area contributed by atoms with Crippen LogP contribution < -0.4 is 5.32 Å². The predicted molar refractivity (Wildman–Crippen MR) is 82.2 cm³/mol. The lowest BCUT2D eigenvalue weighted by Crippen LogP contribution is -2.35. The average Bonchev–Trinajstić information content (AvgIpc) is 2.36. The Hall–Kier alpha value is -1.36. The molecule has 0 aliphatic rings. The molecule has 0 radical (unpaired) electrons. The molecule has 0 saturated carbocycles. The van der Waals surface area contributed by atoms with E-state index in [1.807, 2.05) is 34.6 Å². The number of rotatable bonds is 5. The van der Waals surface area contributed by atoms with Crippen molar-refractivity contribution in [3.63, 3.8) is 0 Å². The van der Waals surface area contributed by atoms with Crippen molar-refractivity contribution in [2.24, 2.45) is 0 Å². The maximum atomic E-state index is 11.9. The summed E-state index contributed by atoms with van der Waals surface area (Å²) in [5, 5.41) is 3.40. The van der Waals surface area contributed by atoms with Crippen LogP contribution >= 0.6 is 11.6 Å². The molecule has 0 aliphatic carbocycles. The average molecular weight is 299 g/mol. The normalized spacial score (nSPS) is 11.3. The number of halogens is 1. The van der Waals surface area contributed by atoms with E-state index in [4.69, 9.17) is 11.6 Å². The van der Waals surface area contributed by atoms with E-state index < -0.39 is 0 Å². The van der Waals surface area contributed by atoms with Crippen LogP contribution in [0.3, 0.4) is 0 Å². The van der Waals surface area contributed by atoms with Crippen LogP contribution in [-0.4, -0.2) is 40.4 Å². The first kappa shape index (κ1) is 16.7. The summed E-state index contributed by atoms with van der Waals surface area (Å²) in [5.74, 6) is 1.28. The highest BCUT2D eigenvalue weighted by Crippen LogP contribution is 2.22. The number of nitrogens with zero attached hydrogens (tertiary/aromatic N) is 3. The summed E-state index contributed by atoms with van der Waals surface area (Å²) in [6.45, 7) is 11.6. The standard InChI is InChI=1S/C14H23ClN4O/c1-6-19(7-2)12(20)9-16-11-8-10(15)17-13(18-11)14(3,4)5/h8H,6-7,9H2,1-5H3,(H,16,17,18). The van der Waals surface area contributed by atoms with Gasteiger partial charge in [-0.1, -0.05) is 32.4 Å². The Morgan fingerprint density at radius 2 is 1.90 bits per heavy atom. The fourth-order valence-corrected chi connectivity index (χ4v) is 1.88. The Kier molecular flexibility index (Phi) is 5.74. The number of amides is 1. The van der Waals surface area contributed by atoms with E-state index in [1.165, 1.54) is 0 Å². The lowest BCUT2D eigenvalue weighted by Gasteiger charge is -2.20. The van der Waals surface area contributed by atoms with Gasteiger partial charge in [0.25, 0.3) is 0 Å². The van der Waals surface area contributed by atoms with Crippen LogP contribution in [0.15, 0.2) is 6.07 Å². The number of hydrogen-bond acceptors (Lipinski definition) is 4. The first-order chi connectivity index (χ1) is 9.27. The molecule has 112 valence electrons. The van der Waals surface area contributed by atoms with Crippen molar-refractivity contribution in [1.29, 1.82) is 0 Å². The van der Waals surface area contributed by atoms with Gasteiger partial charge in [0.05, 0.1) is 6.54 Å². The monoisotopic (exact) mass is 298 g/mol. The minimum atomic E-state index is -0.190. The molecule has 5 nitrogen and oxygen atoms in total. The molecule has 1 heterocycles. The molecule has 1 rings (SSSR count). The number of hydrogen-bond donors (Lipinski definition) is 1. The van der Waals surface area contributed by atoms with Crippen molar-refractivity contribution in [1.82, 2.24) is 14.9 Å². The summed E-state index contributed by atoms with van der Waals surface area (Å²) < 4.78 is 0. The summed E-state index contributed by atoms with van der Waals surface area (Å²) in [7, 11) is 0. The van der Waals surface area contributed by atoms with Crippen LogP contribution in [0.1, 0.15) is 40.4 Å². The molecular formula is C14H23ClN4O. The number of nitrogens with one attached hydrogen (secondary N) is 1. The van der Waals surface area contributed by atoms with E-state index >= 15 is 0 Å². The quantitative estimate of drug-likeness (QED) is 0.849. The molecule has 20 heavy (non-hydrogen) atoms. The Morgan fingerprint density at radius 1 is 1.30 bits per heavy atom. The van der Waals surface area contributed by atoms with Crippen LogP contribution in [0.5, 0.6) is 0 Å². The van der Waals surface area contributed by atoms with Crippen LogP contribution in [0.25, 0.3) is 0 Å². The SMILES string of the molecule is CCN(CC)C(=O)CNc1cc(Cl)nc(C(C)(C)C)n1. The third kappa shape index (κ3) is 4.63. The zero-order valence-corrected chi connectivity index (χ0v) is 13.6. The third-order valence-corrected chi connectivity index (χ3v) is 3.10. The first-order valence-corrected chi connectivity index (χ1v) is 7.22. The second kappa shape index (κ2) is 6.88. The number of carbonyl (C=O) groups excluding carboxylic acids is 1. The molecule has 0 aromatic carbocycles. The summed E-state index contributed by atoms with van der Waals surface area (Å²) >= 11 is 6.00. The van der Waals surface area contributed by atoms with Crippen molar-refractivity contribution in [3.8, 4) is 0 Å². The van der Waals surface area contributed by atoms with Gasteiger partial charge in [-0.05, 0) is 13.8 Å². The van der Waals surface area contributed by atoms with Gasteiger partial charge in [-0.25, -0.2) is 9.97 Å². The number of aromatic nitrogens is 2. The first-order valence-electron chi connectivity index (χ1n) is 6.84. The highest BCUT2D eigenvalue weighted by atomic mass is 35.5. The fourth-order valence-electron chi connectivity index (χ4n) is 1.70. The van der Waals surface area contributed by atoms with Crippen LogP contribution in [0.4, 0.5) is 5.82 Å². The second-order valence-corrected chi connectivity index (χ2v) is 5.96. The molecule has 0 bridgehead atoms. The van der Waals surface area contributed by atoms with E-state index in [0.29, 0.717) is 29.9 Å². The molecule has 0 fully saturated rings. The Bertz CT molecular complexity index is 467. The van der Waals surface area contributed by atoms with Gasteiger partial charge in [-0.15, -0.1) is 0 Å². The van der Waals surface area contributed by atoms with Crippen LogP contribution in [-0.2, 0) is 10.2 Å². The van der Waals surface area contributed by atoms with E-state index in [2.05, 4.69) is 15.3 Å². The van der Waals surface area contributed by atoms with Crippen molar-refractivity contribution >= 4 is 23.3 Å². The Morgan fingerprint density at radius 3 is 2.40 bits per heavy atom. The fraction of sp³-hybridized carbons (Fsp3) is 0.643. The number of anilines is 1. The molecule has 6 heteroatoms. The van der Waals surface area contributed by atoms with Gasteiger partial charge in [0.15, 0.2) is 0 Å². The zero-order valence-electron chi connectivity index (χ0n) is 12.8. The lowest BCUT2D eigenvalue weighted by molar-refractivity contribution is -0.128. The molecule has 1 aromatic rings. The molecule has 0 spiro atoms. The van der Waals surface area contributed by atoms with Crippen molar-refractivity contribution < 1.29 is 4.79 Å². The van der Waals surface area contributed by atoms with Gasteiger partial charge in [0.1, 0.15) is 16.8 Å². The minimum Gasteiger partial charge on any atom is -0.361 e. The van der Waals surface area contributed by atoms with Gasteiger partial charge in [0.2, 0.25) is 5.91 Å². The summed E-state index contributed by atoms with van der Waals surface area (Å²) in [5.41, 5.74) is -0.190. The summed E-state index contributed by atoms with van der Waals surface area (Å²) in [6, 6.07) is 1.63. The smallest absolute Gasteiger partial charge is 0.241 e. The van der Waals surface area contributed by atoms with Crippen LogP contribution in [0.2, 0.25) is 5.15 Å². The highest BCUT2D eigenvalue weighted by molar-refractivity contribution is 6.29. The predicted octanol–water partition coefficient (Wildman–Crippen LogP) is 2.71. The largest absolute Gasteiger partial charge is 0.361 e. The zero-order chi connectivity index (χ0) is 15.3. The topological polar surface area (TPSA) is 58.1 Å².